The van der Waals surface area contributed by atoms with Crippen LogP contribution in [0.15, 0.2) is 51.9 Å². The van der Waals surface area contributed by atoms with Gasteiger partial charge in [0.15, 0.2) is 0 Å². The molecule has 4 nitrogen and oxygen atoms in total. The second kappa shape index (κ2) is 4.55. The fourth-order valence-electron chi connectivity index (χ4n) is 1.44. The molecule has 0 aliphatic heterocycles. The van der Waals surface area contributed by atoms with Gasteiger partial charge in [0.1, 0.15) is 0 Å². The van der Waals surface area contributed by atoms with Gasteiger partial charge in [-0.1, -0.05) is 22.0 Å². The minimum atomic E-state index is -1.06. The lowest BCUT2D eigenvalue weighted by Crippen LogP contribution is -2.18. The molecule has 0 amide bonds. The van der Waals surface area contributed by atoms with Gasteiger partial charge in [0, 0.05) is 22.4 Å². The van der Waals surface area contributed by atoms with E-state index in [0.29, 0.717) is 5.69 Å². The zero-order chi connectivity index (χ0) is 12.4. The Morgan fingerprint density at radius 1 is 1.24 bits per heavy atom. The lowest BCUT2D eigenvalue weighted by atomic mass is 10.2. The number of carboxylic acid groups (broad SMARTS) is 1. The van der Waals surface area contributed by atoms with Crippen LogP contribution in [0.3, 0.4) is 0 Å². The van der Waals surface area contributed by atoms with Crippen molar-refractivity contribution in [3.05, 3.63) is 63.0 Å². The number of aromatic carboxylic acids is 1. The Balaban J connectivity index is 2.62. The molecule has 2 aromatic rings. The first-order chi connectivity index (χ1) is 8.08. The Morgan fingerprint density at radius 2 is 2.00 bits per heavy atom. The molecule has 86 valence electrons. The maximum absolute atomic E-state index is 11.7. The third-order valence-electron chi connectivity index (χ3n) is 2.24. The van der Waals surface area contributed by atoms with Crippen LogP contribution in [0.2, 0.25) is 0 Å². The molecule has 2 rings (SSSR count). The van der Waals surface area contributed by atoms with Gasteiger partial charge in [0.2, 0.25) is 0 Å². The molecule has 0 fully saturated rings. The van der Waals surface area contributed by atoms with E-state index >= 15 is 0 Å². The number of halogens is 1. The first-order valence-corrected chi connectivity index (χ1v) is 5.59. The number of rotatable bonds is 2. The fraction of sp³-hybridized carbons (Fsp3) is 0. The van der Waals surface area contributed by atoms with Gasteiger partial charge < -0.3 is 5.11 Å². The number of carbonyl (C=O) groups is 1. The van der Waals surface area contributed by atoms with E-state index in [-0.39, 0.29) is 11.1 Å². The van der Waals surface area contributed by atoms with Crippen LogP contribution in [-0.4, -0.2) is 15.6 Å². The van der Waals surface area contributed by atoms with Crippen LogP contribution in [0, 0.1) is 0 Å². The monoisotopic (exact) mass is 293 g/mol. The van der Waals surface area contributed by atoms with Crippen LogP contribution in [-0.2, 0) is 0 Å². The molecule has 1 aromatic heterocycles. The van der Waals surface area contributed by atoms with Crippen molar-refractivity contribution in [1.82, 2.24) is 4.57 Å². The topological polar surface area (TPSA) is 59.3 Å². The molecular weight excluding hydrogens is 286 g/mol. The summed E-state index contributed by atoms with van der Waals surface area (Å²) in [7, 11) is 0. The predicted octanol–water partition coefficient (Wildman–Crippen LogP) is 2.30. The molecule has 5 heteroatoms. The number of hydrogen-bond acceptors (Lipinski definition) is 2. The summed E-state index contributed by atoms with van der Waals surface area (Å²) in [6.45, 7) is 0. The van der Waals surface area contributed by atoms with Crippen LogP contribution in [0.1, 0.15) is 10.4 Å². The molecule has 0 saturated heterocycles. The van der Waals surface area contributed by atoms with Crippen LogP contribution in [0.4, 0.5) is 0 Å². The van der Waals surface area contributed by atoms with Crippen LogP contribution in [0.25, 0.3) is 5.69 Å². The summed E-state index contributed by atoms with van der Waals surface area (Å²) in [5.41, 5.74) is 0.421. The molecule has 0 aliphatic carbocycles. The first kappa shape index (κ1) is 11.6. The maximum atomic E-state index is 11.7. The van der Waals surface area contributed by atoms with Gasteiger partial charge in [0.05, 0.1) is 5.56 Å². The van der Waals surface area contributed by atoms with Gasteiger partial charge in [-0.15, -0.1) is 0 Å². The van der Waals surface area contributed by atoms with Crippen LogP contribution in [0.5, 0.6) is 0 Å². The molecule has 17 heavy (non-hydrogen) atoms. The quantitative estimate of drug-likeness (QED) is 0.924. The molecule has 0 saturated carbocycles. The lowest BCUT2D eigenvalue weighted by molar-refractivity contribution is 0.0696. The highest BCUT2D eigenvalue weighted by molar-refractivity contribution is 9.10. The number of carboxylic acids is 1. The van der Waals surface area contributed by atoms with Crippen molar-refractivity contribution in [3.8, 4) is 5.69 Å². The van der Waals surface area contributed by atoms with Crippen molar-refractivity contribution < 1.29 is 9.90 Å². The van der Waals surface area contributed by atoms with E-state index in [1.165, 1.54) is 22.9 Å². The first-order valence-electron chi connectivity index (χ1n) is 4.80. The van der Waals surface area contributed by atoms with Gasteiger partial charge in [-0.2, -0.15) is 0 Å². The van der Waals surface area contributed by atoms with Crippen molar-refractivity contribution in [2.24, 2.45) is 0 Å². The summed E-state index contributed by atoms with van der Waals surface area (Å²) >= 11 is 3.30. The molecule has 1 aromatic carbocycles. The maximum Gasteiger partial charge on any atom is 0.337 e. The van der Waals surface area contributed by atoms with E-state index in [9.17, 15) is 9.59 Å². The van der Waals surface area contributed by atoms with Gasteiger partial charge in [-0.3, -0.25) is 9.36 Å². The molecular formula is C12H8BrNO3. The average molecular weight is 294 g/mol. The summed E-state index contributed by atoms with van der Waals surface area (Å²) in [6.07, 6.45) is 1.31. The highest BCUT2D eigenvalue weighted by Gasteiger charge is 2.06. The smallest absolute Gasteiger partial charge is 0.337 e. The molecule has 0 bridgehead atoms. The Bertz CT molecular complexity index is 634. The molecule has 0 aliphatic rings. The zero-order valence-corrected chi connectivity index (χ0v) is 10.2. The van der Waals surface area contributed by atoms with Gasteiger partial charge >= 0.3 is 5.97 Å². The molecule has 1 heterocycles. The standard InChI is InChI=1S/C12H8BrNO3/c13-9-2-1-3-10(6-9)14-7-8(12(16)17)4-5-11(14)15/h1-7H,(H,16,17). The summed E-state index contributed by atoms with van der Waals surface area (Å²) < 4.78 is 2.12. The number of aromatic nitrogens is 1. The summed E-state index contributed by atoms with van der Waals surface area (Å²) in [5, 5.41) is 8.88. The van der Waals surface area contributed by atoms with Crippen molar-refractivity contribution in [2.45, 2.75) is 0 Å². The second-order valence-corrected chi connectivity index (χ2v) is 4.33. The van der Waals surface area contributed by atoms with Crippen molar-refractivity contribution in [3.63, 3.8) is 0 Å². The van der Waals surface area contributed by atoms with Crippen molar-refractivity contribution in [2.75, 3.05) is 0 Å². The van der Waals surface area contributed by atoms with E-state index in [1.807, 2.05) is 6.07 Å². The van der Waals surface area contributed by atoms with Gasteiger partial charge in [-0.25, -0.2) is 4.79 Å². The van der Waals surface area contributed by atoms with E-state index in [0.717, 1.165) is 4.47 Å². The van der Waals surface area contributed by atoms with Gasteiger partial charge in [-0.05, 0) is 24.3 Å². The zero-order valence-electron chi connectivity index (χ0n) is 8.63. The lowest BCUT2D eigenvalue weighted by Gasteiger charge is -2.06. The number of benzene rings is 1. The third kappa shape index (κ3) is 2.45. The number of hydrogen-bond donors (Lipinski definition) is 1. The molecule has 0 atom stereocenters. The molecule has 0 spiro atoms. The molecule has 0 unspecified atom stereocenters. The minimum Gasteiger partial charge on any atom is -0.478 e. The predicted molar refractivity (Wildman–Crippen MR) is 66.7 cm³/mol. The van der Waals surface area contributed by atoms with Gasteiger partial charge in [0.25, 0.3) is 5.56 Å². The SMILES string of the molecule is O=C(O)c1ccc(=O)n(-c2cccc(Br)c2)c1. The van der Waals surface area contributed by atoms with Crippen LogP contribution < -0.4 is 5.56 Å². The van der Waals surface area contributed by atoms with E-state index in [4.69, 9.17) is 5.11 Å². The summed E-state index contributed by atoms with van der Waals surface area (Å²) in [5.74, 6) is -1.06. The number of nitrogens with zero attached hydrogens (tertiary/aromatic N) is 1. The Morgan fingerprint density at radius 3 is 2.65 bits per heavy atom. The highest BCUT2D eigenvalue weighted by atomic mass is 79.9. The number of pyridine rings is 1. The van der Waals surface area contributed by atoms with Crippen molar-refractivity contribution >= 4 is 21.9 Å². The molecule has 1 N–H and O–H groups in total. The largest absolute Gasteiger partial charge is 0.478 e. The van der Waals surface area contributed by atoms with E-state index < -0.39 is 5.97 Å². The molecule has 0 radical (unpaired) electrons. The summed E-state index contributed by atoms with van der Waals surface area (Å²) in [4.78, 5) is 22.5. The highest BCUT2D eigenvalue weighted by Crippen LogP contribution is 2.14. The Hall–Kier alpha value is -1.88. The summed E-state index contributed by atoms with van der Waals surface area (Å²) in [6, 6.07) is 9.61. The van der Waals surface area contributed by atoms with Crippen LogP contribution >= 0.6 is 15.9 Å². The minimum absolute atomic E-state index is 0.0737. The van der Waals surface area contributed by atoms with E-state index in [2.05, 4.69) is 15.9 Å². The van der Waals surface area contributed by atoms with E-state index in [1.54, 1.807) is 18.2 Å². The average Bonchev–Trinajstić information content (AvgIpc) is 2.29. The Kier molecular flexibility index (Phi) is 3.10. The fourth-order valence-corrected chi connectivity index (χ4v) is 1.83. The van der Waals surface area contributed by atoms with Crippen molar-refractivity contribution in [1.29, 1.82) is 0 Å². The Labute approximate surface area is 105 Å². The normalized spacial score (nSPS) is 10.2. The third-order valence-corrected chi connectivity index (χ3v) is 2.74. The second-order valence-electron chi connectivity index (χ2n) is 3.41.